The SMILES string of the molecule is COc1ccccc1C1=NN(C(N)=O)C(c2cn(Cc3ccc(OCCN4CCCCC4)cc3)c3ccc(Br)cc23)C1. The van der Waals surface area contributed by atoms with Crippen molar-refractivity contribution in [3.05, 3.63) is 94.1 Å². The van der Waals surface area contributed by atoms with Crippen molar-refractivity contribution in [2.24, 2.45) is 10.8 Å². The normalized spacial score (nSPS) is 17.4. The number of hydrazone groups is 1. The van der Waals surface area contributed by atoms with Crippen molar-refractivity contribution in [1.29, 1.82) is 0 Å². The molecule has 0 bridgehead atoms. The van der Waals surface area contributed by atoms with Crippen molar-refractivity contribution >= 4 is 38.6 Å². The number of carbonyl (C=O) groups is 1. The van der Waals surface area contributed by atoms with E-state index >= 15 is 0 Å². The van der Waals surface area contributed by atoms with Crippen LogP contribution in [0.3, 0.4) is 0 Å². The number of benzene rings is 3. The van der Waals surface area contributed by atoms with Crippen LogP contribution in [0.2, 0.25) is 0 Å². The first kappa shape index (κ1) is 28.3. The quantitative estimate of drug-likeness (QED) is 0.227. The predicted octanol–water partition coefficient (Wildman–Crippen LogP) is 6.56. The molecule has 8 nitrogen and oxygen atoms in total. The summed E-state index contributed by atoms with van der Waals surface area (Å²) < 4.78 is 14.8. The third-order valence-electron chi connectivity index (χ3n) is 8.19. The Bertz CT molecular complexity index is 1590. The zero-order chi connectivity index (χ0) is 29.1. The largest absolute Gasteiger partial charge is 0.496 e. The van der Waals surface area contributed by atoms with Crippen LogP contribution in [0.4, 0.5) is 4.79 Å². The number of hydrogen-bond acceptors (Lipinski definition) is 5. The number of piperidine rings is 1. The van der Waals surface area contributed by atoms with Crippen molar-refractivity contribution in [3.8, 4) is 11.5 Å². The lowest BCUT2D eigenvalue weighted by atomic mass is 9.97. The molecule has 3 aromatic carbocycles. The standard InChI is InChI=1S/C33H36BrN5O3/c1-41-32-8-4-3-7-26(32)29-20-31(39(36-29)33(35)40)28-22-38(30-14-11-24(34)19-27(28)30)21-23-9-12-25(13-10-23)42-18-17-37-15-5-2-6-16-37/h3-4,7-14,19,22,31H,2,5-6,15-18,20-21H2,1H3,(H2,35,40). The first-order chi connectivity index (χ1) is 20.5. The second-order valence-corrected chi connectivity index (χ2v) is 11.8. The number of hydrogen-bond donors (Lipinski definition) is 1. The van der Waals surface area contributed by atoms with Gasteiger partial charge in [0.2, 0.25) is 0 Å². The van der Waals surface area contributed by atoms with Gasteiger partial charge in [0.1, 0.15) is 18.1 Å². The number of carbonyl (C=O) groups excluding carboxylic acids is 1. The first-order valence-corrected chi connectivity index (χ1v) is 15.3. The summed E-state index contributed by atoms with van der Waals surface area (Å²) in [6.45, 7) is 4.71. The van der Waals surface area contributed by atoms with Crippen LogP contribution in [0.25, 0.3) is 10.9 Å². The second kappa shape index (κ2) is 12.6. The molecule has 4 aromatic rings. The molecule has 218 valence electrons. The molecule has 6 rings (SSSR count). The first-order valence-electron chi connectivity index (χ1n) is 14.5. The van der Waals surface area contributed by atoms with E-state index in [-0.39, 0.29) is 6.04 Å². The Morgan fingerprint density at radius 2 is 1.83 bits per heavy atom. The highest BCUT2D eigenvalue weighted by molar-refractivity contribution is 9.10. The number of amides is 2. The van der Waals surface area contributed by atoms with Gasteiger partial charge in [0.15, 0.2) is 0 Å². The highest BCUT2D eigenvalue weighted by Gasteiger charge is 2.35. The average molecular weight is 631 g/mol. The molecule has 1 fully saturated rings. The minimum atomic E-state index is -0.586. The lowest BCUT2D eigenvalue weighted by molar-refractivity contribution is 0.183. The fraction of sp³-hybridized carbons (Fsp3) is 0.333. The summed E-state index contributed by atoms with van der Waals surface area (Å²) in [4.78, 5) is 15.1. The van der Waals surface area contributed by atoms with E-state index in [0.717, 1.165) is 50.1 Å². The maximum Gasteiger partial charge on any atom is 0.335 e. The number of primary amides is 1. The molecule has 1 unspecified atom stereocenters. The third kappa shape index (κ3) is 6.03. The van der Waals surface area contributed by atoms with E-state index in [1.54, 1.807) is 7.11 Å². The fourth-order valence-electron chi connectivity index (χ4n) is 6.06. The van der Waals surface area contributed by atoms with E-state index < -0.39 is 6.03 Å². The summed E-state index contributed by atoms with van der Waals surface area (Å²) >= 11 is 3.64. The van der Waals surface area contributed by atoms with Gasteiger partial charge in [-0.05, 0) is 74.0 Å². The van der Waals surface area contributed by atoms with Crippen LogP contribution < -0.4 is 15.2 Å². The van der Waals surface area contributed by atoms with Crippen LogP contribution in [0, 0.1) is 0 Å². The van der Waals surface area contributed by atoms with Crippen LogP contribution >= 0.6 is 15.9 Å². The van der Waals surface area contributed by atoms with Gasteiger partial charge >= 0.3 is 6.03 Å². The number of likely N-dealkylation sites (tertiary alicyclic amines) is 1. The lowest BCUT2D eigenvalue weighted by Gasteiger charge is -2.26. The van der Waals surface area contributed by atoms with Crippen LogP contribution in [-0.2, 0) is 6.54 Å². The molecule has 3 heterocycles. The zero-order valence-corrected chi connectivity index (χ0v) is 25.4. The third-order valence-corrected chi connectivity index (χ3v) is 8.68. The van der Waals surface area contributed by atoms with Gasteiger partial charge < -0.3 is 19.8 Å². The van der Waals surface area contributed by atoms with Gasteiger partial charge in [-0.2, -0.15) is 5.10 Å². The Hall–Kier alpha value is -3.82. The van der Waals surface area contributed by atoms with Crippen LogP contribution in [0.5, 0.6) is 11.5 Å². The van der Waals surface area contributed by atoms with E-state index in [9.17, 15) is 4.79 Å². The van der Waals surface area contributed by atoms with E-state index in [2.05, 4.69) is 61.0 Å². The number of urea groups is 1. The summed E-state index contributed by atoms with van der Waals surface area (Å²) in [7, 11) is 1.64. The number of fused-ring (bicyclic) bond motifs is 1. The molecular weight excluding hydrogens is 594 g/mol. The Morgan fingerprint density at radius 3 is 2.60 bits per heavy atom. The van der Waals surface area contributed by atoms with Crippen LogP contribution in [0.1, 0.15) is 48.4 Å². The molecule has 1 atom stereocenters. The highest BCUT2D eigenvalue weighted by atomic mass is 79.9. The number of halogens is 1. The Morgan fingerprint density at radius 1 is 1.05 bits per heavy atom. The molecule has 2 N–H and O–H groups in total. The van der Waals surface area contributed by atoms with Gasteiger partial charge in [0.05, 0.1) is 18.9 Å². The molecule has 0 aliphatic carbocycles. The van der Waals surface area contributed by atoms with E-state index in [0.29, 0.717) is 25.3 Å². The molecule has 0 radical (unpaired) electrons. The average Bonchev–Trinajstić information content (AvgIpc) is 3.60. The monoisotopic (exact) mass is 629 g/mol. The molecule has 0 saturated carbocycles. The van der Waals surface area contributed by atoms with Crippen molar-refractivity contribution in [1.82, 2.24) is 14.5 Å². The van der Waals surface area contributed by atoms with Gasteiger partial charge in [0.25, 0.3) is 0 Å². The molecular formula is C33H36BrN5O3. The Labute approximate surface area is 254 Å². The molecule has 1 aromatic heterocycles. The molecule has 42 heavy (non-hydrogen) atoms. The molecule has 2 amide bonds. The van der Waals surface area contributed by atoms with Gasteiger partial charge in [-0.1, -0.05) is 46.6 Å². The minimum absolute atomic E-state index is 0.337. The number of para-hydroxylation sites is 1. The summed E-state index contributed by atoms with van der Waals surface area (Å²) in [5.74, 6) is 1.60. The van der Waals surface area contributed by atoms with E-state index in [4.69, 9.17) is 15.2 Å². The molecule has 2 aliphatic heterocycles. The lowest BCUT2D eigenvalue weighted by Crippen LogP contribution is -2.33. The van der Waals surface area contributed by atoms with Gasteiger partial charge in [-0.15, -0.1) is 0 Å². The maximum atomic E-state index is 12.6. The number of methoxy groups -OCH3 is 1. The molecule has 2 aliphatic rings. The van der Waals surface area contributed by atoms with E-state index in [1.165, 1.54) is 37.4 Å². The van der Waals surface area contributed by atoms with Crippen molar-refractivity contribution in [2.75, 3.05) is 33.4 Å². The van der Waals surface area contributed by atoms with Crippen molar-refractivity contribution in [3.63, 3.8) is 0 Å². The zero-order valence-electron chi connectivity index (χ0n) is 23.8. The summed E-state index contributed by atoms with van der Waals surface area (Å²) in [5, 5.41) is 7.12. The predicted molar refractivity (Wildman–Crippen MR) is 169 cm³/mol. The molecule has 1 saturated heterocycles. The Kier molecular flexibility index (Phi) is 8.48. The number of nitrogens with two attached hydrogens (primary N) is 1. The number of rotatable bonds is 9. The number of nitrogens with zero attached hydrogens (tertiary/aromatic N) is 4. The van der Waals surface area contributed by atoms with Crippen LogP contribution in [-0.4, -0.2) is 59.6 Å². The summed E-state index contributed by atoms with van der Waals surface area (Å²) in [5.41, 5.74) is 10.7. The topological polar surface area (TPSA) is 85.3 Å². The molecule has 0 spiro atoms. The second-order valence-electron chi connectivity index (χ2n) is 10.9. The minimum Gasteiger partial charge on any atom is -0.496 e. The van der Waals surface area contributed by atoms with Crippen LogP contribution in [0.15, 0.2) is 82.5 Å². The highest BCUT2D eigenvalue weighted by Crippen LogP contribution is 2.39. The summed E-state index contributed by atoms with van der Waals surface area (Å²) in [6, 6.07) is 21.4. The van der Waals surface area contributed by atoms with Gasteiger partial charge in [-0.25, -0.2) is 9.80 Å². The fourth-order valence-corrected chi connectivity index (χ4v) is 6.42. The van der Waals surface area contributed by atoms with Gasteiger partial charge in [0, 0.05) is 52.2 Å². The van der Waals surface area contributed by atoms with Crippen molar-refractivity contribution in [2.45, 2.75) is 38.3 Å². The summed E-state index contributed by atoms with van der Waals surface area (Å²) in [6.07, 6.45) is 6.58. The number of aromatic nitrogens is 1. The maximum absolute atomic E-state index is 12.6. The Balaban J connectivity index is 1.23. The van der Waals surface area contributed by atoms with Crippen molar-refractivity contribution < 1.29 is 14.3 Å². The smallest absolute Gasteiger partial charge is 0.335 e. The van der Waals surface area contributed by atoms with Gasteiger partial charge in [-0.3, -0.25) is 4.90 Å². The van der Waals surface area contributed by atoms with E-state index in [1.807, 2.05) is 42.5 Å². The number of ether oxygens (including phenoxy) is 2. The molecule has 9 heteroatoms.